The van der Waals surface area contributed by atoms with Gasteiger partial charge < -0.3 is 24.3 Å². The van der Waals surface area contributed by atoms with Gasteiger partial charge in [-0.3, -0.25) is 4.79 Å². The molecule has 1 aliphatic rings. The van der Waals surface area contributed by atoms with Gasteiger partial charge in [-0.1, -0.05) is 26.7 Å². The lowest BCUT2D eigenvalue weighted by Gasteiger charge is -2.34. The molecule has 0 heterocycles. The van der Waals surface area contributed by atoms with Crippen LogP contribution in [0.1, 0.15) is 38.7 Å². The fourth-order valence-corrected chi connectivity index (χ4v) is 3.56. The third-order valence-corrected chi connectivity index (χ3v) is 5.53. The Hall–Kier alpha value is -2.70. The topological polar surface area (TPSA) is 83.1 Å². The van der Waals surface area contributed by atoms with Crippen molar-refractivity contribution in [1.82, 2.24) is 5.32 Å². The largest absolute Gasteiger partial charge is 0.496 e. The summed E-state index contributed by atoms with van der Waals surface area (Å²) in [5.74, 6) is 1.66. The van der Waals surface area contributed by atoms with E-state index in [2.05, 4.69) is 19.2 Å². The molecule has 1 aliphatic carbocycles. The summed E-state index contributed by atoms with van der Waals surface area (Å²) in [5, 5.41) is 2.98. The van der Waals surface area contributed by atoms with Gasteiger partial charge in [-0.05, 0) is 30.4 Å². The number of esters is 1. The van der Waals surface area contributed by atoms with Gasteiger partial charge in [0, 0.05) is 23.7 Å². The van der Waals surface area contributed by atoms with Crippen LogP contribution in [0.15, 0.2) is 18.2 Å². The zero-order chi connectivity index (χ0) is 21.4. The van der Waals surface area contributed by atoms with Crippen LogP contribution in [0.25, 0.3) is 6.08 Å². The van der Waals surface area contributed by atoms with E-state index in [1.54, 1.807) is 18.2 Å². The molecule has 2 rings (SSSR count). The molecule has 0 aromatic heterocycles. The van der Waals surface area contributed by atoms with E-state index in [0.717, 1.165) is 12.8 Å². The Kier molecular flexibility index (Phi) is 8.36. The maximum Gasteiger partial charge on any atom is 0.331 e. The van der Waals surface area contributed by atoms with E-state index in [1.807, 2.05) is 0 Å². The van der Waals surface area contributed by atoms with Gasteiger partial charge in [0.05, 0.1) is 21.3 Å². The molecule has 0 bridgehead atoms. The number of nitrogens with one attached hydrogen (secondary N) is 1. The lowest BCUT2D eigenvalue weighted by atomic mass is 9.78. The van der Waals surface area contributed by atoms with Crippen molar-refractivity contribution in [2.45, 2.75) is 39.2 Å². The molecule has 1 amide bonds. The Morgan fingerprint density at radius 3 is 2.34 bits per heavy atom. The quantitative estimate of drug-likeness (QED) is 0.528. The van der Waals surface area contributed by atoms with E-state index >= 15 is 0 Å². The predicted octanol–water partition coefficient (Wildman–Crippen LogP) is 3.21. The van der Waals surface area contributed by atoms with Crippen molar-refractivity contribution in [3.05, 3.63) is 23.8 Å². The molecule has 160 valence electrons. The second-order valence-electron chi connectivity index (χ2n) is 7.33. The first kappa shape index (κ1) is 22.6. The van der Waals surface area contributed by atoms with E-state index in [4.69, 9.17) is 18.9 Å². The van der Waals surface area contributed by atoms with Crippen molar-refractivity contribution in [3.8, 4) is 17.2 Å². The minimum absolute atomic E-state index is 0.136. The normalized spacial score (nSPS) is 21.5. The SMILES string of the molecule is COc1cc(OC)c(OC)cc1/C=C/C(=O)OCC(=O)N[C@H]1CCC[C@H](C)[C@H]1C. The van der Waals surface area contributed by atoms with E-state index in [0.29, 0.717) is 34.6 Å². The number of ether oxygens (including phenoxy) is 4. The molecule has 1 N–H and O–H groups in total. The summed E-state index contributed by atoms with van der Waals surface area (Å²) in [6.07, 6.45) is 6.05. The second-order valence-corrected chi connectivity index (χ2v) is 7.33. The fourth-order valence-electron chi connectivity index (χ4n) is 3.56. The van der Waals surface area contributed by atoms with Crippen LogP contribution in [0.4, 0.5) is 0 Å². The number of carbonyl (C=O) groups is 2. The Morgan fingerprint density at radius 2 is 1.69 bits per heavy atom. The average molecular weight is 405 g/mol. The van der Waals surface area contributed by atoms with Crippen LogP contribution >= 0.6 is 0 Å². The van der Waals surface area contributed by atoms with Gasteiger partial charge in [-0.25, -0.2) is 4.79 Å². The molecule has 1 saturated carbocycles. The molecular formula is C22H31NO6. The number of hydrogen-bond acceptors (Lipinski definition) is 6. The summed E-state index contributed by atoms with van der Waals surface area (Å²) in [6, 6.07) is 3.50. The minimum Gasteiger partial charge on any atom is -0.496 e. The van der Waals surface area contributed by atoms with Gasteiger partial charge in [0.15, 0.2) is 18.1 Å². The summed E-state index contributed by atoms with van der Waals surface area (Å²) in [6.45, 7) is 4.06. The van der Waals surface area contributed by atoms with Crippen LogP contribution in [0.2, 0.25) is 0 Å². The number of methoxy groups -OCH3 is 3. The van der Waals surface area contributed by atoms with Crippen molar-refractivity contribution in [3.63, 3.8) is 0 Å². The Bertz CT molecular complexity index is 745. The lowest BCUT2D eigenvalue weighted by molar-refractivity contribution is -0.144. The van der Waals surface area contributed by atoms with Crippen molar-refractivity contribution < 1.29 is 28.5 Å². The van der Waals surface area contributed by atoms with Crippen LogP contribution in [-0.4, -0.2) is 45.9 Å². The molecule has 1 aromatic carbocycles. The van der Waals surface area contributed by atoms with Crippen LogP contribution in [0.3, 0.4) is 0 Å². The summed E-state index contributed by atoms with van der Waals surface area (Å²) in [7, 11) is 4.58. The number of benzene rings is 1. The highest BCUT2D eigenvalue weighted by Crippen LogP contribution is 2.35. The Balaban J connectivity index is 1.92. The maximum atomic E-state index is 12.1. The summed E-state index contributed by atoms with van der Waals surface area (Å²) in [5.41, 5.74) is 0.622. The molecule has 1 aromatic rings. The van der Waals surface area contributed by atoms with Crippen molar-refractivity contribution in [2.24, 2.45) is 11.8 Å². The first-order valence-corrected chi connectivity index (χ1v) is 9.83. The number of amides is 1. The van der Waals surface area contributed by atoms with Crippen LogP contribution in [-0.2, 0) is 14.3 Å². The molecule has 3 atom stereocenters. The van der Waals surface area contributed by atoms with Gasteiger partial charge in [0.1, 0.15) is 5.75 Å². The van der Waals surface area contributed by atoms with Crippen molar-refractivity contribution in [2.75, 3.05) is 27.9 Å². The van der Waals surface area contributed by atoms with Crippen molar-refractivity contribution in [1.29, 1.82) is 0 Å². The molecule has 0 spiro atoms. The zero-order valence-electron chi connectivity index (χ0n) is 17.8. The van der Waals surface area contributed by atoms with Gasteiger partial charge in [0.2, 0.25) is 0 Å². The monoisotopic (exact) mass is 405 g/mol. The van der Waals surface area contributed by atoms with E-state index in [-0.39, 0.29) is 18.6 Å². The number of hydrogen-bond donors (Lipinski definition) is 1. The zero-order valence-corrected chi connectivity index (χ0v) is 17.8. The predicted molar refractivity (Wildman–Crippen MR) is 110 cm³/mol. The highest BCUT2D eigenvalue weighted by Gasteiger charge is 2.28. The number of rotatable bonds is 8. The average Bonchev–Trinajstić information content (AvgIpc) is 2.73. The van der Waals surface area contributed by atoms with Gasteiger partial charge in [-0.2, -0.15) is 0 Å². The Labute approximate surface area is 172 Å². The second kappa shape index (κ2) is 10.7. The maximum absolute atomic E-state index is 12.1. The van der Waals surface area contributed by atoms with Gasteiger partial charge in [0.25, 0.3) is 5.91 Å². The highest BCUT2D eigenvalue weighted by molar-refractivity contribution is 5.90. The molecular weight excluding hydrogens is 374 g/mol. The van der Waals surface area contributed by atoms with E-state index < -0.39 is 5.97 Å². The molecule has 0 aliphatic heterocycles. The molecule has 29 heavy (non-hydrogen) atoms. The summed E-state index contributed by atoms with van der Waals surface area (Å²) >= 11 is 0. The van der Waals surface area contributed by atoms with Crippen LogP contribution < -0.4 is 19.5 Å². The summed E-state index contributed by atoms with van der Waals surface area (Å²) < 4.78 is 20.9. The third kappa shape index (κ3) is 6.14. The highest BCUT2D eigenvalue weighted by atomic mass is 16.5. The first-order valence-electron chi connectivity index (χ1n) is 9.83. The minimum atomic E-state index is -0.609. The molecule has 1 fully saturated rings. The van der Waals surface area contributed by atoms with Crippen molar-refractivity contribution >= 4 is 18.0 Å². The first-order chi connectivity index (χ1) is 13.9. The molecule has 0 saturated heterocycles. The smallest absolute Gasteiger partial charge is 0.331 e. The molecule has 0 unspecified atom stereocenters. The molecule has 0 radical (unpaired) electrons. The van der Waals surface area contributed by atoms with E-state index in [9.17, 15) is 9.59 Å². The molecule has 7 heteroatoms. The number of carbonyl (C=O) groups excluding carboxylic acids is 2. The molecule has 7 nitrogen and oxygen atoms in total. The van der Waals surface area contributed by atoms with Gasteiger partial charge in [-0.15, -0.1) is 0 Å². The third-order valence-electron chi connectivity index (χ3n) is 5.53. The Morgan fingerprint density at radius 1 is 1.03 bits per heavy atom. The van der Waals surface area contributed by atoms with Gasteiger partial charge >= 0.3 is 5.97 Å². The standard InChI is InChI=1S/C22H31NO6/c1-14-7-6-8-17(15(14)2)23-21(24)13-29-22(25)10-9-16-11-19(27-4)20(28-5)12-18(16)26-3/h9-12,14-15,17H,6-8,13H2,1-5H3,(H,23,24)/b10-9+/t14-,15+,17-/m0/s1. The fraction of sp³-hybridized carbons (Fsp3) is 0.545. The van der Waals surface area contributed by atoms with Crippen LogP contribution in [0.5, 0.6) is 17.2 Å². The van der Waals surface area contributed by atoms with Crippen LogP contribution in [0, 0.1) is 11.8 Å². The summed E-state index contributed by atoms with van der Waals surface area (Å²) in [4.78, 5) is 24.2. The van der Waals surface area contributed by atoms with E-state index in [1.165, 1.54) is 33.8 Å². The lowest BCUT2D eigenvalue weighted by Crippen LogP contribution is -2.45.